The predicted octanol–water partition coefficient (Wildman–Crippen LogP) is 3.17. The minimum Gasteiger partial charge on any atom is -0.323 e. The zero-order valence-corrected chi connectivity index (χ0v) is 8.68. The van der Waals surface area contributed by atoms with E-state index < -0.39 is 0 Å². The second kappa shape index (κ2) is 2.63. The fourth-order valence-electron chi connectivity index (χ4n) is 2.02. The van der Waals surface area contributed by atoms with E-state index in [0.29, 0.717) is 0 Å². The average Bonchev–Trinajstić information content (AvgIpc) is 2.27. The molecule has 0 aromatic carbocycles. The van der Waals surface area contributed by atoms with Crippen LogP contribution in [0.3, 0.4) is 0 Å². The number of hydrogen-bond acceptors (Lipinski definition) is 0. The lowest BCUT2D eigenvalue weighted by Gasteiger charge is -2.02. The Labute approximate surface area is 79.0 Å². The van der Waals surface area contributed by atoms with Crippen LogP contribution < -0.4 is 0 Å². The summed E-state index contributed by atoms with van der Waals surface area (Å²) in [5.74, 6) is 0. The fraction of sp³-hybridized carbons (Fsp3) is 0.333. The van der Waals surface area contributed by atoms with Gasteiger partial charge in [0.25, 0.3) is 0 Å². The van der Waals surface area contributed by atoms with Gasteiger partial charge < -0.3 is 4.40 Å². The molecule has 0 saturated carbocycles. The van der Waals surface area contributed by atoms with Crippen molar-refractivity contribution in [1.29, 1.82) is 0 Å². The van der Waals surface area contributed by atoms with Crippen molar-refractivity contribution in [3.63, 3.8) is 0 Å². The molecule has 2 heterocycles. The van der Waals surface area contributed by atoms with Crippen molar-refractivity contribution in [1.82, 2.24) is 4.40 Å². The third-order valence-electron chi connectivity index (χ3n) is 2.70. The van der Waals surface area contributed by atoms with E-state index in [0.717, 1.165) is 0 Å². The van der Waals surface area contributed by atoms with Crippen LogP contribution in [0.15, 0.2) is 18.5 Å². The molecule has 2 aromatic rings. The van der Waals surface area contributed by atoms with Crippen LogP contribution in [0.5, 0.6) is 0 Å². The van der Waals surface area contributed by atoms with Crippen LogP contribution in [0.1, 0.15) is 22.3 Å². The Kier molecular flexibility index (Phi) is 1.69. The van der Waals surface area contributed by atoms with E-state index in [1.165, 1.54) is 27.8 Å². The van der Waals surface area contributed by atoms with Crippen molar-refractivity contribution in [2.45, 2.75) is 27.7 Å². The average molecular weight is 173 g/mol. The fourth-order valence-corrected chi connectivity index (χ4v) is 2.02. The summed E-state index contributed by atoms with van der Waals surface area (Å²) in [6.07, 6.45) is 4.38. The summed E-state index contributed by atoms with van der Waals surface area (Å²) < 4.78 is 2.23. The molecule has 0 N–H and O–H groups in total. The summed E-state index contributed by atoms with van der Waals surface area (Å²) in [4.78, 5) is 0. The minimum atomic E-state index is 1.32. The van der Waals surface area contributed by atoms with Crippen molar-refractivity contribution in [3.05, 3.63) is 40.7 Å². The Hall–Kier alpha value is -1.24. The van der Waals surface area contributed by atoms with Gasteiger partial charge in [0.05, 0.1) is 5.52 Å². The maximum Gasteiger partial charge on any atom is 0.0511 e. The molecule has 0 bridgehead atoms. The first-order valence-corrected chi connectivity index (χ1v) is 4.64. The highest BCUT2D eigenvalue weighted by Crippen LogP contribution is 2.21. The molecular formula is C12H15N. The van der Waals surface area contributed by atoms with Gasteiger partial charge in [-0.2, -0.15) is 0 Å². The monoisotopic (exact) mass is 173 g/mol. The first-order chi connectivity index (χ1) is 6.09. The van der Waals surface area contributed by atoms with E-state index in [2.05, 4.69) is 50.6 Å². The van der Waals surface area contributed by atoms with Gasteiger partial charge in [0, 0.05) is 12.4 Å². The molecule has 13 heavy (non-hydrogen) atoms. The van der Waals surface area contributed by atoms with Gasteiger partial charge in [-0.1, -0.05) is 6.07 Å². The van der Waals surface area contributed by atoms with Gasteiger partial charge in [-0.15, -0.1) is 0 Å². The molecular weight excluding hydrogens is 158 g/mol. The van der Waals surface area contributed by atoms with Gasteiger partial charge in [0.1, 0.15) is 0 Å². The third kappa shape index (κ3) is 1.15. The molecule has 0 amide bonds. The Morgan fingerprint density at radius 1 is 0.923 bits per heavy atom. The molecule has 0 saturated heterocycles. The highest BCUT2D eigenvalue weighted by Gasteiger charge is 2.05. The van der Waals surface area contributed by atoms with Crippen molar-refractivity contribution in [2.75, 3.05) is 0 Å². The number of fused-ring (bicyclic) bond motifs is 1. The zero-order chi connectivity index (χ0) is 9.59. The molecule has 1 heteroatoms. The molecule has 0 fully saturated rings. The molecule has 0 aliphatic carbocycles. The molecule has 1 nitrogen and oxygen atoms in total. The van der Waals surface area contributed by atoms with E-state index in [9.17, 15) is 0 Å². The van der Waals surface area contributed by atoms with Crippen LogP contribution in [0.4, 0.5) is 0 Å². The number of pyridine rings is 1. The van der Waals surface area contributed by atoms with Gasteiger partial charge in [0.15, 0.2) is 0 Å². The molecule has 0 aliphatic rings. The van der Waals surface area contributed by atoms with Gasteiger partial charge >= 0.3 is 0 Å². The second-order valence-corrected chi connectivity index (χ2v) is 3.89. The lowest BCUT2D eigenvalue weighted by molar-refractivity contribution is 1.14. The maximum atomic E-state index is 2.24. The van der Waals surface area contributed by atoms with E-state index in [1.807, 2.05) is 0 Å². The zero-order valence-electron chi connectivity index (χ0n) is 8.68. The standard InChI is InChI=1S/C12H15N/c1-8-5-9(2)12-11(4)10(3)7-13(12)6-8/h5-7H,1-4H3. The molecule has 0 atom stereocenters. The molecule has 0 spiro atoms. The number of rotatable bonds is 0. The first-order valence-electron chi connectivity index (χ1n) is 4.64. The summed E-state index contributed by atoms with van der Waals surface area (Å²) in [6, 6.07) is 2.24. The summed E-state index contributed by atoms with van der Waals surface area (Å²) >= 11 is 0. The summed E-state index contributed by atoms with van der Waals surface area (Å²) in [5, 5.41) is 0. The lowest BCUT2D eigenvalue weighted by atomic mass is 10.1. The van der Waals surface area contributed by atoms with E-state index in [4.69, 9.17) is 0 Å². The van der Waals surface area contributed by atoms with Crippen LogP contribution in [0.25, 0.3) is 5.52 Å². The quantitative estimate of drug-likeness (QED) is 0.576. The van der Waals surface area contributed by atoms with Gasteiger partial charge in [-0.3, -0.25) is 0 Å². The highest BCUT2D eigenvalue weighted by atomic mass is 14.9. The van der Waals surface area contributed by atoms with Crippen LogP contribution in [-0.2, 0) is 0 Å². The van der Waals surface area contributed by atoms with Crippen molar-refractivity contribution in [2.24, 2.45) is 0 Å². The molecule has 68 valence electrons. The first kappa shape index (κ1) is 8.36. The van der Waals surface area contributed by atoms with Crippen LogP contribution >= 0.6 is 0 Å². The van der Waals surface area contributed by atoms with Crippen molar-refractivity contribution >= 4 is 5.52 Å². The van der Waals surface area contributed by atoms with Gasteiger partial charge in [-0.05, 0) is 49.9 Å². The minimum absolute atomic E-state index is 1.32. The molecule has 2 aromatic heterocycles. The van der Waals surface area contributed by atoms with Crippen LogP contribution in [0, 0.1) is 27.7 Å². The molecule has 0 aliphatic heterocycles. The highest BCUT2D eigenvalue weighted by molar-refractivity contribution is 5.64. The summed E-state index contributed by atoms with van der Waals surface area (Å²) in [5.41, 5.74) is 6.82. The van der Waals surface area contributed by atoms with Gasteiger partial charge in [-0.25, -0.2) is 0 Å². The van der Waals surface area contributed by atoms with Crippen molar-refractivity contribution < 1.29 is 0 Å². The summed E-state index contributed by atoms with van der Waals surface area (Å²) in [7, 11) is 0. The SMILES string of the molecule is Cc1cc(C)c2c(C)c(C)cn2c1. The number of aromatic nitrogens is 1. The van der Waals surface area contributed by atoms with E-state index >= 15 is 0 Å². The molecule has 0 unspecified atom stereocenters. The molecule has 0 radical (unpaired) electrons. The number of hydrogen-bond donors (Lipinski definition) is 0. The normalized spacial score (nSPS) is 11.1. The second-order valence-electron chi connectivity index (χ2n) is 3.89. The Bertz CT molecular complexity index is 463. The molecule has 2 rings (SSSR count). The lowest BCUT2D eigenvalue weighted by Crippen LogP contribution is -1.88. The number of nitrogens with zero attached hydrogens (tertiary/aromatic N) is 1. The third-order valence-corrected chi connectivity index (χ3v) is 2.70. The van der Waals surface area contributed by atoms with E-state index in [1.54, 1.807) is 0 Å². The Morgan fingerprint density at radius 2 is 1.62 bits per heavy atom. The topological polar surface area (TPSA) is 4.41 Å². The largest absolute Gasteiger partial charge is 0.323 e. The van der Waals surface area contributed by atoms with Crippen LogP contribution in [-0.4, -0.2) is 4.40 Å². The van der Waals surface area contributed by atoms with Crippen molar-refractivity contribution in [3.8, 4) is 0 Å². The van der Waals surface area contributed by atoms with Crippen LogP contribution in [0.2, 0.25) is 0 Å². The Balaban J connectivity index is 2.94. The number of aryl methyl sites for hydroxylation is 4. The Morgan fingerprint density at radius 3 is 2.31 bits per heavy atom. The van der Waals surface area contributed by atoms with E-state index in [-0.39, 0.29) is 0 Å². The predicted molar refractivity (Wildman–Crippen MR) is 56.3 cm³/mol. The van der Waals surface area contributed by atoms with Gasteiger partial charge in [0.2, 0.25) is 0 Å². The smallest absolute Gasteiger partial charge is 0.0511 e. The maximum absolute atomic E-state index is 2.24. The summed E-state index contributed by atoms with van der Waals surface area (Å²) in [6.45, 7) is 8.66.